The van der Waals surface area contributed by atoms with Crippen LogP contribution in [0.1, 0.15) is 27.7 Å². The van der Waals surface area contributed by atoms with Crippen LogP contribution in [0.2, 0.25) is 0 Å². The van der Waals surface area contributed by atoms with Crippen LogP contribution in [0.15, 0.2) is 174 Å². The maximum Gasteiger partial charge on any atom is 0.143 e. The SMILES string of the molecule is [2H]c1c([2H])c2ccc(-c3ccc4oc5c6c(ccc5c4c3)C(c3ccccc3)(c3ccccc3)c3ccccc3-6)c3c([2H])c([2H])c4cccc1c4c23. The van der Waals surface area contributed by atoms with Crippen molar-refractivity contribution in [2.45, 2.75) is 5.41 Å². The molecule has 0 amide bonds. The predicted octanol–water partition coefficient (Wildman–Crippen LogP) is 12.5. The van der Waals surface area contributed by atoms with Gasteiger partial charge in [-0.1, -0.05) is 158 Å². The number of rotatable bonds is 3. The molecule has 0 saturated carbocycles. The monoisotopic (exact) mass is 612 g/mol. The molecular weight excluding hydrogens is 581 g/mol. The van der Waals surface area contributed by atoms with Crippen LogP contribution < -0.4 is 0 Å². The summed E-state index contributed by atoms with van der Waals surface area (Å²) in [5.74, 6) is 0. The Hall–Kier alpha value is -6.18. The summed E-state index contributed by atoms with van der Waals surface area (Å²) in [5.41, 5.74) is 9.90. The van der Waals surface area contributed by atoms with Gasteiger partial charge in [0.05, 0.1) is 10.9 Å². The zero-order chi connectivity index (χ0) is 34.9. The summed E-state index contributed by atoms with van der Waals surface area (Å²) in [6.45, 7) is 0. The zero-order valence-corrected chi connectivity index (χ0v) is 25.8. The summed E-state index contributed by atoms with van der Waals surface area (Å²) >= 11 is 0. The van der Waals surface area contributed by atoms with E-state index in [1.54, 1.807) is 0 Å². The van der Waals surface area contributed by atoms with Crippen molar-refractivity contribution < 1.29 is 9.90 Å². The van der Waals surface area contributed by atoms with Crippen molar-refractivity contribution >= 4 is 54.3 Å². The lowest BCUT2D eigenvalue weighted by molar-refractivity contribution is 0.669. The molecule has 1 nitrogen and oxygen atoms in total. The van der Waals surface area contributed by atoms with Gasteiger partial charge in [0, 0.05) is 16.3 Å². The highest BCUT2D eigenvalue weighted by molar-refractivity contribution is 6.25. The Morgan fingerprint density at radius 2 is 1.15 bits per heavy atom. The molecule has 1 heteroatoms. The Balaban J connectivity index is 1.20. The van der Waals surface area contributed by atoms with Gasteiger partial charge in [0.15, 0.2) is 0 Å². The van der Waals surface area contributed by atoms with Crippen molar-refractivity contribution in [3.63, 3.8) is 0 Å². The molecule has 1 aliphatic carbocycles. The lowest BCUT2D eigenvalue weighted by atomic mass is 9.68. The molecule has 48 heavy (non-hydrogen) atoms. The first-order valence-electron chi connectivity index (χ1n) is 18.4. The third kappa shape index (κ3) is 3.25. The highest BCUT2D eigenvalue weighted by Crippen LogP contribution is 2.58. The Morgan fingerprint density at radius 1 is 0.458 bits per heavy atom. The van der Waals surface area contributed by atoms with E-state index in [9.17, 15) is 1.37 Å². The van der Waals surface area contributed by atoms with E-state index in [1.807, 2.05) is 42.5 Å². The molecule has 0 aliphatic heterocycles. The quantitative estimate of drug-likeness (QED) is 0.181. The molecule has 10 aromatic rings. The van der Waals surface area contributed by atoms with E-state index in [2.05, 4.69) is 103 Å². The lowest BCUT2D eigenvalue weighted by Gasteiger charge is -2.33. The zero-order valence-electron chi connectivity index (χ0n) is 29.8. The second-order valence-electron chi connectivity index (χ2n) is 12.8. The van der Waals surface area contributed by atoms with Crippen LogP contribution in [0.5, 0.6) is 0 Å². The fraction of sp³-hybridized carbons (Fsp3) is 0.0213. The molecule has 1 aliphatic rings. The Bertz CT molecular complexity index is 3050. The second-order valence-corrected chi connectivity index (χ2v) is 12.8. The smallest absolute Gasteiger partial charge is 0.143 e. The third-order valence-electron chi connectivity index (χ3n) is 10.5. The van der Waals surface area contributed by atoms with Crippen molar-refractivity contribution in [3.8, 4) is 22.3 Å². The van der Waals surface area contributed by atoms with E-state index in [0.29, 0.717) is 21.5 Å². The van der Waals surface area contributed by atoms with Gasteiger partial charge in [-0.2, -0.15) is 0 Å². The molecule has 9 aromatic carbocycles. The van der Waals surface area contributed by atoms with Crippen LogP contribution in [0.25, 0.3) is 76.5 Å². The molecule has 0 saturated heterocycles. The number of benzene rings is 9. The molecule has 0 radical (unpaired) electrons. The second kappa shape index (κ2) is 9.44. The maximum absolute atomic E-state index is 9.23. The summed E-state index contributed by atoms with van der Waals surface area (Å²) in [7, 11) is 0. The standard InChI is InChI=1S/C47H28O/c1-3-12-33(13-4-1)47(34-14-5-2-6-15-34)40-17-8-7-16-38(40)45-41(47)26-25-37-39-28-32(22-27-42(39)48-46(37)45)35-23-20-31-19-18-29-10-9-11-30-21-24-36(35)44(31)43(29)30/h1-28H/i18D,19D,21D,24D. The number of hydrogen-bond donors (Lipinski definition) is 0. The van der Waals surface area contributed by atoms with Crippen molar-refractivity contribution in [3.05, 3.63) is 192 Å². The highest BCUT2D eigenvalue weighted by Gasteiger charge is 2.47. The van der Waals surface area contributed by atoms with Crippen molar-refractivity contribution in [1.29, 1.82) is 0 Å². The average Bonchev–Trinajstić information content (AvgIpc) is 3.72. The molecule has 11 rings (SSSR count). The van der Waals surface area contributed by atoms with E-state index in [-0.39, 0.29) is 24.2 Å². The summed E-state index contributed by atoms with van der Waals surface area (Å²) < 4.78 is 42.7. The Morgan fingerprint density at radius 3 is 1.92 bits per heavy atom. The van der Waals surface area contributed by atoms with E-state index in [4.69, 9.17) is 8.53 Å². The van der Waals surface area contributed by atoms with Gasteiger partial charge >= 0.3 is 0 Å². The van der Waals surface area contributed by atoms with Crippen LogP contribution in [0, 0.1) is 0 Å². The van der Waals surface area contributed by atoms with E-state index in [0.717, 1.165) is 55.0 Å². The average molecular weight is 613 g/mol. The van der Waals surface area contributed by atoms with E-state index in [1.165, 1.54) is 22.3 Å². The summed E-state index contributed by atoms with van der Waals surface area (Å²) in [6.07, 6.45) is 0. The minimum Gasteiger partial charge on any atom is -0.455 e. The molecule has 0 N–H and O–H groups in total. The van der Waals surface area contributed by atoms with Gasteiger partial charge < -0.3 is 4.42 Å². The molecular formula is C47H28O. The third-order valence-corrected chi connectivity index (χ3v) is 10.5. The fourth-order valence-corrected chi connectivity index (χ4v) is 8.56. The normalized spacial score (nSPS) is 14.8. The van der Waals surface area contributed by atoms with Crippen LogP contribution in [0.3, 0.4) is 0 Å². The van der Waals surface area contributed by atoms with Gasteiger partial charge in [0.1, 0.15) is 11.2 Å². The van der Waals surface area contributed by atoms with Crippen LogP contribution in [0.4, 0.5) is 0 Å². The number of hydrogen-bond acceptors (Lipinski definition) is 1. The van der Waals surface area contributed by atoms with Gasteiger partial charge in [-0.15, -0.1) is 0 Å². The van der Waals surface area contributed by atoms with E-state index >= 15 is 0 Å². The van der Waals surface area contributed by atoms with Crippen molar-refractivity contribution in [2.24, 2.45) is 0 Å². The lowest BCUT2D eigenvalue weighted by Crippen LogP contribution is -2.28. The molecule has 0 spiro atoms. The van der Waals surface area contributed by atoms with Gasteiger partial charge in [-0.25, -0.2) is 0 Å². The van der Waals surface area contributed by atoms with Gasteiger partial charge in [0.2, 0.25) is 0 Å². The molecule has 0 unspecified atom stereocenters. The molecule has 0 bridgehead atoms. The van der Waals surface area contributed by atoms with Crippen LogP contribution in [-0.2, 0) is 5.41 Å². The summed E-state index contributed by atoms with van der Waals surface area (Å²) in [5, 5.41) is 6.08. The fourth-order valence-electron chi connectivity index (χ4n) is 8.56. The largest absolute Gasteiger partial charge is 0.455 e. The van der Waals surface area contributed by atoms with Crippen LogP contribution in [-0.4, -0.2) is 0 Å². The Labute approximate surface area is 283 Å². The summed E-state index contributed by atoms with van der Waals surface area (Å²) in [4.78, 5) is 0. The van der Waals surface area contributed by atoms with Crippen molar-refractivity contribution in [2.75, 3.05) is 0 Å². The minimum atomic E-state index is -0.525. The molecule has 0 atom stereocenters. The molecule has 1 heterocycles. The maximum atomic E-state index is 9.23. The number of fused-ring (bicyclic) bond motifs is 7. The Kier molecular flexibility index (Phi) is 4.40. The van der Waals surface area contributed by atoms with Crippen molar-refractivity contribution in [1.82, 2.24) is 0 Å². The number of furan rings is 1. The van der Waals surface area contributed by atoms with Gasteiger partial charge in [-0.3, -0.25) is 0 Å². The summed E-state index contributed by atoms with van der Waals surface area (Å²) in [6, 6.07) is 50.7. The van der Waals surface area contributed by atoms with Gasteiger partial charge in [-0.05, 0) is 83.4 Å². The predicted molar refractivity (Wildman–Crippen MR) is 200 cm³/mol. The van der Waals surface area contributed by atoms with E-state index < -0.39 is 5.41 Å². The topological polar surface area (TPSA) is 13.1 Å². The molecule has 1 aromatic heterocycles. The minimum absolute atomic E-state index is 0.127. The molecule has 0 fully saturated rings. The first-order chi connectivity index (χ1) is 25.5. The first-order valence-corrected chi connectivity index (χ1v) is 16.4. The highest BCUT2D eigenvalue weighted by atomic mass is 16.3. The first kappa shape index (κ1) is 22.4. The van der Waals surface area contributed by atoms with Crippen LogP contribution >= 0.6 is 0 Å². The molecule has 222 valence electrons. The van der Waals surface area contributed by atoms with Gasteiger partial charge in [0.25, 0.3) is 0 Å².